The number of hydrogen-bond donors (Lipinski definition) is 1. The van der Waals surface area contributed by atoms with E-state index in [4.69, 9.17) is 15.2 Å². The number of ether oxygens (including phenoxy) is 2. The number of aromatic nitrogens is 1. The molecule has 3 rings (SSSR count). The van der Waals surface area contributed by atoms with Crippen molar-refractivity contribution in [3.8, 4) is 11.5 Å². The first-order valence-corrected chi connectivity index (χ1v) is 6.70. The zero-order chi connectivity index (χ0) is 14.0. The Morgan fingerprint density at radius 2 is 2.10 bits per heavy atom. The van der Waals surface area contributed by atoms with Crippen LogP contribution < -0.4 is 15.2 Å². The molecule has 1 aliphatic rings. The summed E-state index contributed by atoms with van der Waals surface area (Å²) in [5.74, 6) is 1.60. The Hall–Kier alpha value is -2.07. The van der Waals surface area contributed by atoms with Crippen molar-refractivity contribution in [2.24, 2.45) is 5.73 Å². The fourth-order valence-electron chi connectivity index (χ4n) is 2.52. The lowest BCUT2D eigenvalue weighted by Crippen LogP contribution is -2.34. The Kier molecular flexibility index (Phi) is 3.32. The first kappa shape index (κ1) is 12.9. The topological polar surface area (TPSA) is 57.4 Å². The normalized spacial score (nSPS) is 15.9. The van der Waals surface area contributed by atoms with Gasteiger partial charge in [-0.1, -0.05) is 19.1 Å². The summed E-state index contributed by atoms with van der Waals surface area (Å²) in [6.07, 6.45) is 4.52. The van der Waals surface area contributed by atoms with Gasteiger partial charge in [0.15, 0.2) is 11.5 Å². The first-order chi connectivity index (χ1) is 9.71. The van der Waals surface area contributed by atoms with E-state index < -0.39 is 0 Å². The van der Waals surface area contributed by atoms with Gasteiger partial charge in [-0.05, 0) is 35.7 Å². The first-order valence-electron chi connectivity index (χ1n) is 6.70. The zero-order valence-electron chi connectivity index (χ0n) is 11.5. The van der Waals surface area contributed by atoms with E-state index in [1.54, 1.807) is 6.20 Å². The number of nitrogens with two attached hydrogens (primary N) is 1. The van der Waals surface area contributed by atoms with Crippen molar-refractivity contribution in [3.05, 3.63) is 53.9 Å². The summed E-state index contributed by atoms with van der Waals surface area (Å²) in [5.41, 5.74) is 8.23. The van der Waals surface area contributed by atoms with Crippen molar-refractivity contribution < 1.29 is 9.47 Å². The monoisotopic (exact) mass is 270 g/mol. The second-order valence-electron chi connectivity index (χ2n) is 5.37. The van der Waals surface area contributed by atoms with Crippen LogP contribution in [0.4, 0.5) is 0 Å². The molecule has 1 unspecified atom stereocenters. The van der Waals surface area contributed by atoms with E-state index in [0.29, 0.717) is 13.3 Å². The van der Waals surface area contributed by atoms with Crippen LogP contribution >= 0.6 is 0 Å². The highest BCUT2D eigenvalue weighted by Crippen LogP contribution is 2.37. The van der Waals surface area contributed by atoms with Gasteiger partial charge in [0.1, 0.15) is 0 Å². The molecular weight excluding hydrogens is 252 g/mol. The molecule has 1 aliphatic heterocycles. The van der Waals surface area contributed by atoms with Crippen LogP contribution in [0.5, 0.6) is 11.5 Å². The largest absolute Gasteiger partial charge is 0.454 e. The van der Waals surface area contributed by atoms with Gasteiger partial charge in [0, 0.05) is 24.4 Å². The van der Waals surface area contributed by atoms with Gasteiger partial charge in [-0.2, -0.15) is 0 Å². The van der Waals surface area contributed by atoms with E-state index in [2.05, 4.69) is 24.0 Å². The highest BCUT2D eigenvalue weighted by atomic mass is 16.7. The van der Waals surface area contributed by atoms with Crippen molar-refractivity contribution >= 4 is 0 Å². The molecule has 2 N–H and O–H groups in total. The van der Waals surface area contributed by atoms with Crippen LogP contribution in [0.1, 0.15) is 18.1 Å². The number of nitrogens with zero attached hydrogens (tertiary/aromatic N) is 1. The number of hydrogen-bond acceptors (Lipinski definition) is 4. The molecule has 4 heteroatoms. The standard InChI is InChI=1S/C16H18N2O2/c1-16(10-17,8-12-3-2-6-18-9-12)13-4-5-14-15(7-13)20-11-19-14/h2-7,9H,8,10-11,17H2,1H3. The summed E-state index contributed by atoms with van der Waals surface area (Å²) in [6, 6.07) is 10.1. The molecule has 0 aliphatic carbocycles. The molecule has 0 bridgehead atoms. The Bertz CT molecular complexity index is 601. The van der Waals surface area contributed by atoms with Crippen molar-refractivity contribution in [2.75, 3.05) is 13.3 Å². The van der Waals surface area contributed by atoms with E-state index in [1.807, 2.05) is 24.4 Å². The Morgan fingerprint density at radius 1 is 1.25 bits per heavy atom. The lowest BCUT2D eigenvalue weighted by atomic mass is 9.77. The summed E-state index contributed by atoms with van der Waals surface area (Å²) < 4.78 is 10.8. The van der Waals surface area contributed by atoms with Crippen LogP contribution in [0, 0.1) is 0 Å². The van der Waals surface area contributed by atoms with Crippen LogP contribution in [0.25, 0.3) is 0 Å². The quantitative estimate of drug-likeness (QED) is 0.926. The van der Waals surface area contributed by atoms with Gasteiger partial charge in [0.2, 0.25) is 6.79 Å². The second-order valence-corrected chi connectivity index (χ2v) is 5.37. The molecule has 0 spiro atoms. The van der Waals surface area contributed by atoms with Crippen molar-refractivity contribution in [2.45, 2.75) is 18.8 Å². The van der Waals surface area contributed by atoms with E-state index in [-0.39, 0.29) is 5.41 Å². The van der Waals surface area contributed by atoms with Crippen LogP contribution in [-0.2, 0) is 11.8 Å². The summed E-state index contributed by atoms with van der Waals surface area (Å²) in [7, 11) is 0. The van der Waals surface area contributed by atoms with Crippen LogP contribution in [0.3, 0.4) is 0 Å². The minimum absolute atomic E-state index is 0.149. The van der Waals surface area contributed by atoms with E-state index in [0.717, 1.165) is 23.5 Å². The van der Waals surface area contributed by atoms with Gasteiger partial charge < -0.3 is 15.2 Å². The SMILES string of the molecule is CC(CN)(Cc1cccnc1)c1ccc2c(c1)OCO2. The number of pyridine rings is 1. The molecule has 0 saturated carbocycles. The maximum Gasteiger partial charge on any atom is 0.231 e. The van der Waals surface area contributed by atoms with E-state index in [1.165, 1.54) is 5.56 Å². The lowest BCUT2D eigenvalue weighted by molar-refractivity contribution is 0.174. The van der Waals surface area contributed by atoms with Crippen LogP contribution in [0.15, 0.2) is 42.7 Å². The van der Waals surface area contributed by atoms with Gasteiger partial charge >= 0.3 is 0 Å². The third-order valence-corrected chi connectivity index (χ3v) is 3.84. The van der Waals surface area contributed by atoms with Gasteiger partial charge in [0.25, 0.3) is 0 Å². The summed E-state index contributed by atoms with van der Waals surface area (Å²) >= 11 is 0. The average Bonchev–Trinajstić information content (AvgIpc) is 2.95. The van der Waals surface area contributed by atoms with Crippen molar-refractivity contribution in [1.29, 1.82) is 0 Å². The van der Waals surface area contributed by atoms with Gasteiger partial charge in [-0.15, -0.1) is 0 Å². The molecule has 1 aromatic carbocycles. The maximum atomic E-state index is 6.04. The molecular formula is C16H18N2O2. The van der Waals surface area contributed by atoms with E-state index in [9.17, 15) is 0 Å². The Morgan fingerprint density at radius 3 is 2.85 bits per heavy atom. The fourth-order valence-corrected chi connectivity index (χ4v) is 2.52. The van der Waals surface area contributed by atoms with Crippen molar-refractivity contribution in [3.63, 3.8) is 0 Å². The predicted molar refractivity (Wildman–Crippen MR) is 76.9 cm³/mol. The molecule has 0 fully saturated rings. The molecule has 104 valence electrons. The lowest BCUT2D eigenvalue weighted by Gasteiger charge is -2.29. The maximum absolute atomic E-state index is 6.04. The number of fused-ring (bicyclic) bond motifs is 1. The molecule has 0 amide bonds. The molecule has 2 heterocycles. The smallest absolute Gasteiger partial charge is 0.231 e. The minimum atomic E-state index is -0.149. The average molecular weight is 270 g/mol. The summed E-state index contributed by atoms with van der Waals surface area (Å²) in [6.45, 7) is 3.01. The van der Waals surface area contributed by atoms with Gasteiger partial charge in [0.05, 0.1) is 0 Å². The van der Waals surface area contributed by atoms with E-state index >= 15 is 0 Å². The Labute approximate surface area is 118 Å². The molecule has 20 heavy (non-hydrogen) atoms. The third kappa shape index (κ3) is 2.34. The van der Waals surface area contributed by atoms with Crippen LogP contribution in [0.2, 0.25) is 0 Å². The minimum Gasteiger partial charge on any atom is -0.454 e. The predicted octanol–water partition coefficient (Wildman–Crippen LogP) is 2.27. The third-order valence-electron chi connectivity index (χ3n) is 3.84. The molecule has 1 atom stereocenters. The zero-order valence-corrected chi connectivity index (χ0v) is 11.5. The van der Waals surface area contributed by atoms with Gasteiger partial charge in [-0.3, -0.25) is 4.98 Å². The summed E-state index contributed by atoms with van der Waals surface area (Å²) in [5, 5.41) is 0. The molecule has 1 aromatic heterocycles. The highest BCUT2D eigenvalue weighted by Gasteiger charge is 2.27. The Balaban J connectivity index is 1.92. The fraction of sp³-hybridized carbons (Fsp3) is 0.312. The highest BCUT2D eigenvalue weighted by molar-refractivity contribution is 5.47. The summed E-state index contributed by atoms with van der Waals surface area (Å²) in [4.78, 5) is 4.17. The second kappa shape index (κ2) is 5.13. The molecule has 4 nitrogen and oxygen atoms in total. The van der Waals surface area contributed by atoms with Crippen molar-refractivity contribution in [1.82, 2.24) is 4.98 Å². The molecule has 2 aromatic rings. The van der Waals surface area contributed by atoms with Gasteiger partial charge in [-0.25, -0.2) is 0 Å². The van der Waals surface area contributed by atoms with Crippen LogP contribution in [-0.4, -0.2) is 18.3 Å². The number of rotatable bonds is 4. The number of benzene rings is 1. The molecule has 0 radical (unpaired) electrons. The molecule has 0 saturated heterocycles.